The highest BCUT2D eigenvalue weighted by Crippen LogP contribution is 2.25. The Morgan fingerprint density at radius 1 is 1.20 bits per heavy atom. The molecule has 0 spiro atoms. The molecule has 0 saturated heterocycles. The molecule has 102 valence electrons. The fourth-order valence-corrected chi connectivity index (χ4v) is 1.95. The molecule has 1 aromatic heterocycles. The lowest BCUT2D eigenvalue weighted by Gasteiger charge is -2.20. The second-order valence-electron chi connectivity index (χ2n) is 4.50. The van der Waals surface area contributed by atoms with E-state index in [9.17, 15) is 5.26 Å². The first kappa shape index (κ1) is 13.9. The van der Waals surface area contributed by atoms with E-state index in [-0.39, 0.29) is 0 Å². The van der Waals surface area contributed by atoms with Crippen molar-refractivity contribution in [3.05, 3.63) is 48.0 Å². The third-order valence-electron chi connectivity index (χ3n) is 3.02. The van der Waals surface area contributed by atoms with Crippen molar-refractivity contribution in [2.75, 3.05) is 23.8 Å². The second-order valence-corrected chi connectivity index (χ2v) is 4.50. The van der Waals surface area contributed by atoms with Crippen molar-refractivity contribution in [3.63, 3.8) is 0 Å². The molecular weight excluding hydrogens is 248 g/mol. The van der Waals surface area contributed by atoms with Crippen molar-refractivity contribution in [1.29, 1.82) is 5.26 Å². The van der Waals surface area contributed by atoms with Crippen LogP contribution in [0, 0.1) is 11.3 Å². The van der Waals surface area contributed by atoms with E-state index >= 15 is 0 Å². The minimum Gasteiger partial charge on any atom is -0.370 e. The van der Waals surface area contributed by atoms with Gasteiger partial charge in [0.05, 0.1) is 11.3 Å². The molecule has 0 amide bonds. The second kappa shape index (κ2) is 6.58. The molecule has 0 fully saturated rings. The van der Waals surface area contributed by atoms with E-state index in [2.05, 4.69) is 23.3 Å². The van der Waals surface area contributed by atoms with Crippen LogP contribution in [0.25, 0.3) is 0 Å². The highest BCUT2D eigenvalue weighted by atomic mass is 15.2. The molecule has 0 atom stereocenters. The molecule has 4 heteroatoms. The molecule has 20 heavy (non-hydrogen) atoms. The van der Waals surface area contributed by atoms with Crippen molar-refractivity contribution in [2.24, 2.45) is 0 Å². The summed E-state index contributed by atoms with van der Waals surface area (Å²) in [5.41, 5.74) is 1.50. The zero-order chi connectivity index (χ0) is 14.4. The fourth-order valence-electron chi connectivity index (χ4n) is 1.95. The zero-order valence-corrected chi connectivity index (χ0v) is 11.8. The Bertz CT molecular complexity index is 616. The minimum atomic E-state index is 0.642. The van der Waals surface area contributed by atoms with Gasteiger partial charge in [-0.15, -0.1) is 0 Å². The van der Waals surface area contributed by atoms with E-state index in [4.69, 9.17) is 0 Å². The van der Waals surface area contributed by atoms with Crippen LogP contribution in [0.3, 0.4) is 0 Å². The van der Waals surface area contributed by atoms with Gasteiger partial charge in [-0.1, -0.05) is 25.1 Å². The maximum Gasteiger partial charge on any atom is 0.135 e. The number of hydrogen-bond donors (Lipinski definition) is 1. The molecule has 2 aromatic rings. The van der Waals surface area contributed by atoms with Crippen LogP contribution in [0.15, 0.2) is 42.5 Å². The van der Waals surface area contributed by atoms with Gasteiger partial charge in [-0.25, -0.2) is 4.98 Å². The van der Waals surface area contributed by atoms with Crippen LogP contribution in [0.2, 0.25) is 0 Å². The highest BCUT2D eigenvalue weighted by molar-refractivity contribution is 5.67. The maximum atomic E-state index is 9.18. The molecule has 4 nitrogen and oxygen atoms in total. The Kier molecular flexibility index (Phi) is 4.56. The first-order chi connectivity index (χ1) is 9.76. The maximum absolute atomic E-state index is 9.18. The predicted octanol–water partition coefficient (Wildman–Crippen LogP) is 3.54. The third kappa shape index (κ3) is 3.07. The van der Waals surface area contributed by atoms with Gasteiger partial charge in [0.1, 0.15) is 17.7 Å². The van der Waals surface area contributed by atoms with Gasteiger partial charge >= 0.3 is 0 Å². The number of nitrogens with one attached hydrogen (secondary N) is 1. The smallest absolute Gasteiger partial charge is 0.135 e. The number of rotatable bonds is 5. The Labute approximate surface area is 119 Å². The molecule has 0 saturated carbocycles. The topological polar surface area (TPSA) is 52.0 Å². The minimum absolute atomic E-state index is 0.642. The molecule has 1 heterocycles. The highest BCUT2D eigenvalue weighted by Gasteiger charge is 2.10. The first-order valence-electron chi connectivity index (χ1n) is 6.70. The number of pyridine rings is 1. The van der Waals surface area contributed by atoms with Crippen LogP contribution in [-0.2, 0) is 0 Å². The zero-order valence-electron chi connectivity index (χ0n) is 11.8. The van der Waals surface area contributed by atoms with Gasteiger partial charge in [0, 0.05) is 13.6 Å². The molecule has 0 aliphatic carbocycles. The molecule has 2 rings (SSSR count). The number of aromatic nitrogens is 1. The molecule has 1 N–H and O–H groups in total. The van der Waals surface area contributed by atoms with Crippen molar-refractivity contribution >= 4 is 17.3 Å². The summed E-state index contributed by atoms with van der Waals surface area (Å²) in [4.78, 5) is 6.49. The Morgan fingerprint density at radius 2 is 2.00 bits per heavy atom. The van der Waals surface area contributed by atoms with Gasteiger partial charge in [-0.2, -0.15) is 5.26 Å². The van der Waals surface area contributed by atoms with Gasteiger partial charge in [0.2, 0.25) is 0 Å². The average Bonchev–Trinajstić information content (AvgIpc) is 2.52. The summed E-state index contributed by atoms with van der Waals surface area (Å²) in [6.45, 7) is 3.01. The summed E-state index contributed by atoms with van der Waals surface area (Å²) in [5, 5.41) is 12.4. The van der Waals surface area contributed by atoms with E-state index in [0.717, 1.165) is 30.3 Å². The third-order valence-corrected chi connectivity index (χ3v) is 3.02. The molecule has 0 unspecified atom stereocenters. The van der Waals surface area contributed by atoms with Crippen LogP contribution in [0.4, 0.5) is 17.3 Å². The number of para-hydroxylation sites is 1. The summed E-state index contributed by atoms with van der Waals surface area (Å²) < 4.78 is 0. The van der Waals surface area contributed by atoms with Gasteiger partial charge in [-0.3, -0.25) is 0 Å². The number of anilines is 3. The van der Waals surface area contributed by atoms with E-state index in [1.165, 1.54) is 0 Å². The SMILES string of the molecule is CCCNc1cccc(N(C)c2ccccc2C#N)n1. The number of hydrogen-bond acceptors (Lipinski definition) is 4. The van der Waals surface area contributed by atoms with Crippen molar-refractivity contribution < 1.29 is 0 Å². The van der Waals surface area contributed by atoms with E-state index in [1.807, 2.05) is 54.4 Å². The number of nitrogens with zero attached hydrogens (tertiary/aromatic N) is 3. The van der Waals surface area contributed by atoms with E-state index in [1.54, 1.807) is 0 Å². The summed E-state index contributed by atoms with van der Waals surface area (Å²) in [6, 6.07) is 15.6. The normalized spacial score (nSPS) is 9.85. The lowest BCUT2D eigenvalue weighted by molar-refractivity contribution is 0.967. The summed E-state index contributed by atoms with van der Waals surface area (Å²) in [5.74, 6) is 1.67. The summed E-state index contributed by atoms with van der Waals surface area (Å²) in [7, 11) is 1.92. The molecule has 1 aromatic carbocycles. The van der Waals surface area contributed by atoms with Crippen LogP contribution < -0.4 is 10.2 Å². The molecule has 0 bridgehead atoms. The Hall–Kier alpha value is -2.54. The molecular formula is C16H18N4. The quantitative estimate of drug-likeness (QED) is 0.899. The monoisotopic (exact) mass is 266 g/mol. The lowest BCUT2D eigenvalue weighted by Crippen LogP contribution is -2.13. The fraction of sp³-hybridized carbons (Fsp3) is 0.250. The lowest BCUT2D eigenvalue weighted by atomic mass is 10.2. The average molecular weight is 266 g/mol. The molecule has 0 aliphatic rings. The number of nitriles is 1. The predicted molar refractivity (Wildman–Crippen MR) is 82.2 cm³/mol. The summed E-state index contributed by atoms with van der Waals surface area (Å²) in [6.07, 6.45) is 1.05. The van der Waals surface area contributed by atoms with E-state index in [0.29, 0.717) is 5.56 Å². The van der Waals surface area contributed by atoms with Crippen molar-refractivity contribution in [1.82, 2.24) is 4.98 Å². The van der Waals surface area contributed by atoms with Gasteiger partial charge in [0.15, 0.2) is 0 Å². The van der Waals surface area contributed by atoms with Crippen LogP contribution in [-0.4, -0.2) is 18.6 Å². The van der Waals surface area contributed by atoms with E-state index < -0.39 is 0 Å². The first-order valence-corrected chi connectivity index (χ1v) is 6.70. The Balaban J connectivity index is 2.29. The standard InChI is InChI=1S/C16H18N4/c1-3-11-18-15-9-6-10-16(19-15)20(2)14-8-5-4-7-13(14)12-17/h4-10H,3,11H2,1-2H3,(H,18,19). The van der Waals surface area contributed by atoms with Crippen LogP contribution in [0.5, 0.6) is 0 Å². The summed E-state index contributed by atoms with van der Waals surface area (Å²) >= 11 is 0. The van der Waals surface area contributed by atoms with Crippen molar-refractivity contribution in [3.8, 4) is 6.07 Å². The van der Waals surface area contributed by atoms with Crippen molar-refractivity contribution in [2.45, 2.75) is 13.3 Å². The van der Waals surface area contributed by atoms with Gasteiger partial charge in [-0.05, 0) is 30.7 Å². The van der Waals surface area contributed by atoms with Gasteiger partial charge < -0.3 is 10.2 Å². The molecule has 0 radical (unpaired) electrons. The Morgan fingerprint density at radius 3 is 2.75 bits per heavy atom. The van der Waals surface area contributed by atoms with Crippen LogP contribution >= 0.6 is 0 Å². The molecule has 0 aliphatic heterocycles. The van der Waals surface area contributed by atoms with Gasteiger partial charge in [0.25, 0.3) is 0 Å². The number of benzene rings is 1. The largest absolute Gasteiger partial charge is 0.370 e. The van der Waals surface area contributed by atoms with Crippen LogP contribution in [0.1, 0.15) is 18.9 Å².